The van der Waals surface area contributed by atoms with Crippen LogP contribution in [-0.4, -0.2) is 47.0 Å². The molecule has 0 aliphatic carbocycles. The number of likely N-dealkylation sites (tertiary alicyclic amines) is 1. The van der Waals surface area contributed by atoms with Gasteiger partial charge in [-0.05, 0) is 40.5 Å². The molecule has 0 spiro atoms. The molecule has 0 aromatic carbocycles. The van der Waals surface area contributed by atoms with Crippen LogP contribution in [-0.2, 0) is 11.3 Å². The Kier molecular flexibility index (Phi) is 5.41. The number of aryl methyl sites for hydroxylation is 2. The van der Waals surface area contributed by atoms with Crippen molar-refractivity contribution in [1.82, 2.24) is 14.7 Å². The van der Waals surface area contributed by atoms with Crippen molar-refractivity contribution in [2.45, 2.75) is 65.3 Å². The second-order valence-electron chi connectivity index (χ2n) is 6.09. The molecule has 1 saturated heterocycles. The number of aromatic nitrogens is 2. The van der Waals surface area contributed by atoms with E-state index in [4.69, 9.17) is 10.5 Å². The van der Waals surface area contributed by atoms with Crippen molar-refractivity contribution in [2.24, 2.45) is 5.73 Å². The lowest BCUT2D eigenvalue weighted by atomic mass is 9.94. The van der Waals surface area contributed by atoms with E-state index in [1.807, 2.05) is 0 Å². The van der Waals surface area contributed by atoms with E-state index in [0.29, 0.717) is 24.7 Å². The number of nitrogens with two attached hydrogens (primary N) is 1. The number of ether oxygens (including phenoxy) is 1. The molecule has 0 saturated carbocycles. The fourth-order valence-electron chi connectivity index (χ4n) is 3.78. The van der Waals surface area contributed by atoms with Gasteiger partial charge in [-0.3, -0.25) is 9.58 Å². The van der Waals surface area contributed by atoms with Gasteiger partial charge in [0.05, 0.1) is 11.8 Å². The Labute approximate surface area is 128 Å². The van der Waals surface area contributed by atoms with E-state index in [1.54, 1.807) is 7.11 Å². The highest BCUT2D eigenvalue weighted by Crippen LogP contribution is 2.32. The zero-order chi connectivity index (χ0) is 15.6. The zero-order valence-corrected chi connectivity index (χ0v) is 14.1. The minimum absolute atomic E-state index is 0.350. The van der Waals surface area contributed by atoms with Gasteiger partial charge < -0.3 is 10.5 Å². The van der Waals surface area contributed by atoms with Gasteiger partial charge in [0.25, 0.3) is 0 Å². The zero-order valence-electron chi connectivity index (χ0n) is 14.1. The van der Waals surface area contributed by atoms with Gasteiger partial charge in [-0.1, -0.05) is 0 Å². The minimum atomic E-state index is 0.350. The number of hydrogen-bond donors (Lipinski definition) is 1. The van der Waals surface area contributed by atoms with Gasteiger partial charge >= 0.3 is 0 Å². The summed E-state index contributed by atoms with van der Waals surface area (Å²) in [6, 6.07) is 0.749. The first-order chi connectivity index (χ1) is 10.0. The third kappa shape index (κ3) is 3.15. The Morgan fingerprint density at radius 1 is 1.43 bits per heavy atom. The SMILES string of the molecule is CCn1nc(C)c(C(C)N2CCC(OC)CC2CN)c1C. The van der Waals surface area contributed by atoms with Crippen molar-refractivity contribution in [1.29, 1.82) is 0 Å². The second-order valence-corrected chi connectivity index (χ2v) is 6.09. The first-order valence-electron chi connectivity index (χ1n) is 8.05. The van der Waals surface area contributed by atoms with Crippen molar-refractivity contribution in [3.8, 4) is 0 Å². The predicted molar refractivity (Wildman–Crippen MR) is 85.4 cm³/mol. The number of rotatable bonds is 5. The molecule has 3 unspecified atom stereocenters. The van der Waals surface area contributed by atoms with E-state index >= 15 is 0 Å². The summed E-state index contributed by atoms with van der Waals surface area (Å²) in [6.45, 7) is 11.4. The van der Waals surface area contributed by atoms with Crippen LogP contribution in [0.2, 0.25) is 0 Å². The molecule has 2 rings (SSSR count). The molecule has 5 heteroatoms. The number of nitrogens with zero attached hydrogens (tertiary/aromatic N) is 3. The first-order valence-corrected chi connectivity index (χ1v) is 8.05. The monoisotopic (exact) mass is 294 g/mol. The van der Waals surface area contributed by atoms with Crippen LogP contribution in [0.15, 0.2) is 0 Å². The van der Waals surface area contributed by atoms with E-state index in [2.05, 4.69) is 42.4 Å². The van der Waals surface area contributed by atoms with Gasteiger partial charge in [-0.25, -0.2) is 0 Å². The van der Waals surface area contributed by atoms with Crippen LogP contribution in [0.3, 0.4) is 0 Å². The maximum absolute atomic E-state index is 6.02. The molecule has 3 atom stereocenters. The van der Waals surface area contributed by atoms with Crippen LogP contribution < -0.4 is 5.73 Å². The predicted octanol–water partition coefficient (Wildman–Crippen LogP) is 2.02. The highest BCUT2D eigenvalue weighted by molar-refractivity contribution is 5.28. The molecule has 2 heterocycles. The van der Waals surface area contributed by atoms with Gasteiger partial charge in [0.15, 0.2) is 0 Å². The summed E-state index contributed by atoms with van der Waals surface area (Å²) >= 11 is 0. The smallest absolute Gasteiger partial charge is 0.0644 e. The molecule has 0 bridgehead atoms. The lowest BCUT2D eigenvalue weighted by Crippen LogP contribution is -2.49. The number of methoxy groups -OCH3 is 1. The summed E-state index contributed by atoms with van der Waals surface area (Å²) in [5.74, 6) is 0. The van der Waals surface area contributed by atoms with E-state index in [9.17, 15) is 0 Å². The lowest BCUT2D eigenvalue weighted by Gasteiger charge is -2.42. The summed E-state index contributed by atoms with van der Waals surface area (Å²) in [5, 5.41) is 4.66. The maximum Gasteiger partial charge on any atom is 0.0644 e. The van der Waals surface area contributed by atoms with Gasteiger partial charge in [0.2, 0.25) is 0 Å². The topological polar surface area (TPSA) is 56.3 Å². The average molecular weight is 294 g/mol. The lowest BCUT2D eigenvalue weighted by molar-refractivity contribution is -0.00183. The number of hydrogen-bond acceptors (Lipinski definition) is 4. The van der Waals surface area contributed by atoms with Crippen LogP contribution in [0.1, 0.15) is 49.7 Å². The molecule has 120 valence electrons. The van der Waals surface area contributed by atoms with E-state index in [1.165, 1.54) is 11.3 Å². The largest absolute Gasteiger partial charge is 0.381 e. The van der Waals surface area contributed by atoms with Gasteiger partial charge in [0.1, 0.15) is 0 Å². The van der Waals surface area contributed by atoms with Crippen LogP contribution in [0.4, 0.5) is 0 Å². The highest BCUT2D eigenvalue weighted by atomic mass is 16.5. The minimum Gasteiger partial charge on any atom is -0.381 e. The van der Waals surface area contributed by atoms with Gasteiger partial charge in [-0.15, -0.1) is 0 Å². The van der Waals surface area contributed by atoms with Crippen molar-refractivity contribution >= 4 is 0 Å². The van der Waals surface area contributed by atoms with Gasteiger partial charge in [0, 0.05) is 50.1 Å². The molecule has 5 nitrogen and oxygen atoms in total. The molecule has 21 heavy (non-hydrogen) atoms. The Bertz CT molecular complexity index is 471. The van der Waals surface area contributed by atoms with Crippen molar-refractivity contribution in [3.63, 3.8) is 0 Å². The summed E-state index contributed by atoms with van der Waals surface area (Å²) in [4.78, 5) is 2.53. The quantitative estimate of drug-likeness (QED) is 0.902. The molecule has 1 aliphatic heterocycles. The van der Waals surface area contributed by atoms with Crippen LogP contribution in [0.25, 0.3) is 0 Å². The summed E-state index contributed by atoms with van der Waals surface area (Å²) < 4.78 is 7.63. The highest BCUT2D eigenvalue weighted by Gasteiger charge is 2.33. The Hall–Kier alpha value is -0.910. The molecule has 2 N–H and O–H groups in total. The van der Waals surface area contributed by atoms with E-state index in [0.717, 1.165) is 31.6 Å². The van der Waals surface area contributed by atoms with E-state index in [-0.39, 0.29) is 0 Å². The van der Waals surface area contributed by atoms with Gasteiger partial charge in [-0.2, -0.15) is 5.10 Å². The molecular formula is C16H30N4O. The first kappa shape index (κ1) is 16.5. The Morgan fingerprint density at radius 2 is 2.14 bits per heavy atom. The molecule has 0 amide bonds. The molecule has 1 aromatic heterocycles. The van der Waals surface area contributed by atoms with Crippen LogP contribution in [0.5, 0.6) is 0 Å². The molecule has 1 aromatic rings. The number of piperidine rings is 1. The average Bonchev–Trinajstić information content (AvgIpc) is 2.80. The second kappa shape index (κ2) is 6.90. The van der Waals surface area contributed by atoms with Crippen molar-refractivity contribution in [2.75, 3.05) is 20.2 Å². The Balaban J connectivity index is 2.23. The van der Waals surface area contributed by atoms with E-state index < -0.39 is 0 Å². The van der Waals surface area contributed by atoms with Crippen LogP contribution in [0, 0.1) is 13.8 Å². The molecule has 0 radical (unpaired) electrons. The molecule has 1 aliphatic rings. The summed E-state index contributed by atoms with van der Waals surface area (Å²) in [5.41, 5.74) is 9.81. The Morgan fingerprint density at radius 3 is 2.67 bits per heavy atom. The standard InChI is InChI=1S/C16H30N4O/c1-6-20-13(4)16(11(2)18-20)12(3)19-8-7-15(21-5)9-14(19)10-17/h12,14-15H,6-10,17H2,1-5H3. The fourth-order valence-corrected chi connectivity index (χ4v) is 3.78. The fraction of sp³-hybridized carbons (Fsp3) is 0.812. The van der Waals surface area contributed by atoms with Crippen LogP contribution >= 0.6 is 0 Å². The van der Waals surface area contributed by atoms with Crippen molar-refractivity contribution < 1.29 is 4.74 Å². The normalized spacial score (nSPS) is 25.2. The summed E-state index contributed by atoms with van der Waals surface area (Å²) in [7, 11) is 1.80. The maximum atomic E-state index is 6.02. The third-order valence-corrected chi connectivity index (χ3v) is 4.97. The summed E-state index contributed by atoms with van der Waals surface area (Å²) in [6.07, 6.45) is 2.46. The van der Waals surface area contributed by atoms with Crippen molar-refractivity contribution in [3.05, 3.63) is 17.0 Å². The third-order valence-electron chi connectivity index (χ3n) is 4.97. The molecule has 1 fully saturated rings. The molecular weight excluding hydrogens is 264 g/mol.